The highest BCUT2D eigenvalue weighted by Crippen LogP contribution is 2.26. The molecule has 2 aromatic heterocycles. The molecule has 0 aliphatic carbocycles. The van der Waals surface area contributed by atoms with E-state index >= 15 is 0 Å². The third kappa shape index (κ3) is 2.17. The fourth-order valence-electron chi connectivity index (χ4n) is 1.79. The van der Waals surface area contributed by atoms with Crippen molar-refractivity contribution in [3.63, 3.8) is 0 Å². The summed E-state index contributed by atoms with van der Waals surface area (Å²) in [6, 6.07) is 4.60. The van der Waals surface area contributed by atoms with Gasteiger partial charge in [0.05, 0.1) is 18.8 Å². The van der Waals surface area contributed by atoms with Crippen LogP contribution in [0.3, 0.4) is 0 Å². The van der Waals surface area contributed by atoms with E-state index in [1.165, 1.54) is 19.4 Å². The molecule has 0 aromatic carbocycles. The van der Waals surface area contributed by atoms with Gasteiger partial charge in [-0.1, -0.05) is 6.07 Å². The Hall–Kier alpha value is -2.01. The lowest BCUT2D eigenvalue weighted by Gasteiger charge is -2.15. The number of ether oxygens (including phenoxy) is 1. The zero-order valence-corrected chi connectivity index (χ0v) is 10.2. The first kappa shape index (κ1) is 12.4. The van der Waals surface area contributed by atoms with Crippen LogP contribution < -0.4 is 10.5 Å². The van der Waals surface area contributed by atoms with Gasteiger partial charge in [-0.15, -0.1) is 0 Å². The first-order valence-corrected chi connectivity index (χ1v) is 5.50. The van der Waals surface area contributed by atoms with Crippen molar-refractivity contribution in [2.45, 2.75) is 13.0 Å². The fourth-order valence-corrected chi connectivity index (χ4v) is 1.79. The van der Waals surface area contributed by atoms with Gasteiger partial charge in [0.2, 0.25) is 5.88 Å². The summed E-state index contributed by atoms with van der Waals surface area (Å²) < 4.78 is 18.9. The van der Waals surface area contributed by atoms with Gasteiger partial charge in [0.15, 0.2) is 5.82 Å². The number of methoxy groups -OCH3 is 1. The summed E-state index contributed by atoms with van der Waals surface area (Å²) in [6.07, 6.45) is 3.11. The van der Waals surface area contributed by atoms with Crippen LogP contribution in [0.15, 0.2) is 30.6 Å². The number of nitrogens with zero attached hydrogens (tertiary/aromatic N) is 2. The third-order valence-corrected chi connectivity index (χ3v) is 2.76. The molecule has 0 aliphatic rings. The van der Waals surface area contributed by atoms with Crippen molar-refractivity contribution < 1.29 is 9.13 Å². The molecular formula is C13H14FN3O. The summed E-state index contributed by atoms with van der Waals surface area (Å²) in [5.74, 6) is -0.603. The largest absolute Gasteiger partial charge is 0.479 e. The molecule has 0 spiro atoms. The zero-order chi connectivity index (χ0) is 13.1. The predicted molar refractivity (Wildman–Crippen MR) is 65.8 cm³/mol. The van der Waals surface area contributed by atoms with E-state index in [0.717, 1.165) is 5.56 Å². The minimum Gasteiger partial charge on any atom is -0.479 e. The molecule has 0 aliphatic heterocycles. The van der Waals surface area contributed by atoms with Gasteiger partial charge in [-0.25, -0.2) is 9.37 Å². The van der Waals surface area contributed by atoms with Gasteiger partial charge < -0.3 is 10.5 Å². The maximum Gasteiger partial charge on any atom is 0.250 e. The summed E-state index contributed by atoms with van der Waals surface area (Å²) in [6.45, 7) is 1.89. The molecule has 4 nitrogen and oxygen atoms in total. The minimum atomic E-state index is -0.636. The van der Waals surface area contributed by atoms with Crippen LogP contribution in [-0.2, 0) is 0 Å². The average Bonchev–Trinajstić information content (AvgIpc) is 2.39. The maximum atomic E-state index is 14.0. The molecule has 0 amide bonds. The van der Waals surface area contributed by atoms with Crippen molar-refractivity contribution >= 4 is 0 Å². The van der Waals surface area contributed by atoms with E-state index in [0.29, 0.717) is 11.3 Å². The number of aryl methyl sites for hydroxylation is 1. The lowest BCUT2D eigenvalue weighted by atomic mass is 10.0. The van der Waals surface area contributed by atoms with Crippen LogP contribution in [0.1, 0.15) is 22.9 Å². The molecular weight excluding hydrogens is 233 g/mol. The fraction of sp³-hybridized carbons (Fsp3) is 0.231. The molecule has 2 aromatic rings. The van der Waals surface area contributed by atoms with Crippen molar-refractivity contribution in [3.8, 4) is 5.88 Å². The molecule has 0 saturated carbocycles. The Morgan fingerprint density at radius 2 is 2.06 bits per heavy atom. The highest BCUT2D eigenvalue weighted by Gasteiger charge is 2.19. The third-order valence-electron chi connectivity index (χ3n) is 2.76. The van der Waals surface area contributed by atoms with Crippen LogP contribution in [0.5, 0.6) is 5.88 Å². The lowest BCUT2D eigenvalue weighted by molar-refractivity contribution is 0.365. The molecule has 2 heterocycles. The number of hydrogen-bond donors (Lipinski definition) is 1. The Bertz CT molecular complexity index is 560. The van der Waals surface area contributed by atoms with Crippen molar-refractivity contribution in [2.24, 2.45) is 5.73 Å². The quantitative estimate of drug-likeness (QED) is 0.900. The van der Waals surface area contributed by atoms with E-state index in [1.807, 2.05) is 19.1 Å². The number of rotatable bonds is 3. The van der Waals surface area contributed by atoms with Gasteiger partial charge in [0, 0.05) is 18.0 Å². The number of hydrogen-bond acceptors (Lipinski definition) is 4. The van der Waals surface area contributed by atoms with Crippen LogP contribution >= 0.6 is 0 Å². The molecule has 0 fully saturated rings. The smallest absolute Gasteiger partial charge is 0.250 e. The zero-order valence-electron chi connectivity index (χ0n) is 10.2. The molecule has 5 heteroatoms. The topological polar surface area (TPSA) is 61.0 Å². The predicted octanol–water partition coefficient (Wildman–Crippen LogP) is 1.98. The Morgan fingerprint density at radius 3 is 2.72 bits per heavy atom. The summed E-state index contributed by atoms with van der Waals surface area (Å²) in [5.41, 5.74) is 7.94. The Balaban J connectivity index is 2.47. The summed E-state index contributed by atoms with van der Waals surface area (Å²) in [4.78, 5) is 7.98. The standard InChI is InChI=1S/C13H14FN3O/c1-8-4-3-6-16-12(8)11(15)9-5-7-17-13(18-2)10(9)14/h3-7,11H,15H2,1-2H3. The van der Waals surface area contributed by atoms with Gasteiger partial charge in [0.1, 0.15) is 0 Å². The molecule has 2 N–H and O–H groups in total. The first-order valence-electron chi connectivity index (χ1n) is 5.50. The van der Waals surface area contributed by atoms with Gasteiger partial charge in [0.25, 0.3) is 0 Å². The molecule has 0 radical (unpaired) electrons. The van der Waals surface area contributed by atoms with E-state index < -0.39 is 11.9 Å². The van der Waals surface area contributed by atoms with E-state index in [9.17, 15) is 4.39 Å². The number of halogens is 1. The van der Waals surface area contributed by atoms with Crippen LogP contribution in [0.4, 0.5) is 4.39 Å². The Morgan fingerprint density at radius 1 is 1.28 bits per heavy atom. The van der Waals surface area contributed by atoms with Gasteiger partial charge in [-0.2, -0.15) is 0 Å². The van der Waals surface area contributed by atoms with Crippen LogP contribution in [0.25, 0.3) is 0 Å². The average molecular weight is 247 g/mol. The monoisotopic (exact) mass is 247 g/mol. The lowest BCUT2D eigenvalue weighted by Crippen LogP contribution is -2.17. The summed E-state index contributed by atoms with van der Waals surface area (Å²) >= 11 is 0. The number of nitrogens with two attached hydrogens (primary N) is 1. The number of aromatic nitrogens is 2. The number of pyridine rings is 2. The Kier molecular flexibility index (Phi) is 3.53. The molecule has 0 saturated heterocycles. The van der Waals surface area contributed by atoms with Crippen molar-refractivity contribution in [3.05, 3.63) is 53.2 Å². The molecule has 18 heavy (non-hydrogen) atoms. The second-order valence-electron chi connectivity index (χ2n) is 3.91. The highest BCUT2D eigenvalue weighted by atomic mass is 19.1. The summed E-state index contributed by atoms with van der Waals surface area (Å²) in [5, 5.41) is 0. The molecule has 1 unspecified atom stereocenters. The van der Waals surface area contributed by atoms with E-state index in [-0.39, 0.29) is 5.88 Å². The molecule has 2 rings (SSSR count). The first-order chi connectivity index (χ1) is 8.65. The SMILES string of the molecule is COc1nccc(C(N)c2ncccc2C)c1F. The van der Waals surface area contributed by atoms with Crippen LogP contribution in [0, 0.1) is 12.7 Å². The van der Waals surface area contributed by atoms with Gasteiger partial charge >= 0.3 is 0 Å². The van der Waals surface area contributed by atoms with Crippen molar-refractivity contribution in [1.29, 1.82) is 0 Å². The molecule has 94 valence electrons. The second-order valence-corrected chi connectivity index (χ2v) is 3.91. The minimum absolute atomic E-state index is 0.0588. The van der Waals surface area contributed by atoms with Crippen LogP contribution in [0.2, 0.25) is 0 Å². The van der Waals surface area contributed by atoms with Gasteiger partial charge in [-0.3, -0.25) is 4.98 Å². The van der Waals surface area contributed by atoms with E-state index in [4.69, 9.17) is 10.5 Å². The van der Waals surface area contributed by atoms with E-state index in [2.05, 4.69) is 9.97 Å². The highest BCUT2D eigenvalue weighted by molar-refractivity contribution is 5.34. The molecule has 1 atom stereocenters. The van der Waals surface area contributed by atoms with Gasteiger partial charge in [-0.05, 0) is 24.6 Å². The summed E-state index contributed by atoms with van der Waals surface area (Å²) in [7, 11) is 1.37. The van der Waals surface area contributed by atoms with E-state index in [1.54, 1.807) is 6.20 Å². The van der Waals surface area contributed by atoms with Crippen LogP contribution in [-0.4, -0.2) is 17.1 Å². The Labute approximate surface area is 105 Å². The molecule has 0 bridgehead atoms. The second kappa shape index (κ2) is 5.10. The maximum absolute atomic E-state index is 14.0. The van der Waals surface area contributed by atoms with Crippen molar-refractivity contribution in [2.75, 3.05) is 7.11 Å². The normalized spacial score (nSPS) is 12.2. The van der Waals surface area contributed by atoms with Crippen molar-refractivity contribution in [1.82, 2.24) is 9.97 Å².